The summed E-state index contributed by atoms with van der Waals surface area (Å²) in [5.74, 6) is -6.61. The topological polar surface area (TPSA) is 191 Å². The predicted molar refractivity (Wildman–Crippen MR) is 423 cm³/mol. The minimum atomic E-state index is -5.73. The molecular formula is C82H95F12IN8O10. The maximum atomic E-state index is 13.8. The lowest BCUT2D eigenvalue weighted by atomic mass is 10.0. The van der Waals surface area contributed by atoms with Gasteiger partial charge in [-0.25, -0.2) is 14.4 Å². The summed E-state index contributed by atoms with van der Waals surface area (Å²) >= 11 is 2.29. The smallest absolute Gasteiger partial charge is 0.455 e. The fraction of sp³-hybridized carbons (Fsp3) is 0.354. The predicted octanol–water partition coefficient (Wildman–Crippen LogP) is 23.0. The number of rotatable bonds is 23. The van der Waals surface area contributed by atoms with Gasteiger partial charge in [0.1, 0.15) is 45.6 Å². The van der Waals surface area contributed by atoms with Gasteiger partial charge < -0.3 is 58.5 Å². The summed E-state index contributed by atoms with van der Waals surface area (Å²) in [6.45, 7) is 17.5. The molecule has 0 saturated carbocycles. The van der Waals surface area contributed by atoms with E-state index in [9.17, 15) is 67.1 Å². The Balaban J connectivity index is 0.000000270. The van der Waals surface area contributed by atoms with E-state index in [1.54, 1.807) is 164 Å². The van der Waals surface area contributed by atoms with Gasteiger partial charge in [-0.15, -0.1) is 0 Å². The van der Waals surface area contributed by atoms with Crippen LogP contribution in [0.2, 0.25) is 0 Å². The van der Waals surface area contributed by atoms with Crippen LogP contribution in [-0.2, 0) is 52.7 Å². The number of benzene rings is 8. The highest BCUT2D eigenvalue weighted by atomic mass is 127. The summed E-state index contributed by atoms with van der Waals surface area (Å²) in [5, 5.41) is 7.98. The van der Waals surface area contributed by atoms with E-state index in [2.05, 4.69) is 49.5 Å². The highest BCUT2D eigenvalue weighted by molar-refractivity contribution is 14.1. The van der Waals surface area contributed by atoms with Crippen molar-refractivity contribution in [3.8, 4) is 46.0 Å². The van der Waals surface area contributed by atoms with E-state index in [0.717, 1.165) is 45.2 Å². The fourth-order valence-electron chi connectivity index (χ4n) is 9.92. The van der Waals surface area contributed by atoms with Crippen molar-refractivity contribution in [1.82, 2.24) is 19.6 Å². The number of nitrogens with two attached hydrogens (primary N) is 1. The summed E-state index contributed by atoms with van der Waals surface area (Å²) < 4.78 is 196. The van der Waals surface area contributed by atoms with E-state index in [0.29, 0.717) is 76.1 Å². The summed E-state index contributed by atoms with van der Waals surface area (Å²) in [5.41, 5.74) is 7.00. The van der Waals surface area contributed by atoms with Crippen LogP contribution in [0.1, 0.15) is 101 Å². The molecule has 8 aromatic rings. The van der Waals surface area contributed by atoms with Crippen molar-refractivity contribution in [3.63, 3.8) is 0 Å². The Labute approximate surface area is 664 Å². The number of halogens is 13. The van der Waals surface area contributed by atoms with Crippen LogP contribution in [0.15, 0.2) is 176 Å². The third-order valence-corrected chi connectivity index (χ3v) is 15.1. The van der Waals surface area contributed by atoms with Gasteiger partial charge in [0.25, 0.3) is 6.08 Å². The summed E-state index contributed by atoms with van der Waals surface area (Å²) in [7, 11) is 14.5. The fourth-order valence-corrected chi connectivity index (χ4v) is 10.5. The molecule has 0 aromatic heterocycles. The molecule has 0 unspecified atom stereocenters. The highest BCUT2D eigenvalue weighted by Crippen LogP contribution is 2.46. The lowest BCUT2D eigenvalue weighted by Crippen LogP contribution is -2.38. The molecule has 0 spiro atoms. The number of hydrogen-bond donors (Lipinski definition) is 4. The zero-order chi connectivity index (χ0) is 84.8. The molecule has 5 N–H and O–H groups in total. The number of para-hydroxylation sites is 8. The Morgan fingerprint density at radius 2 is 0.726 bits per heavy atom. The van der Waals surface area contributed by atoms with Crippen LogP contribution < -0.4 is 40.6 Å². The van der Waals surface area contributed by atoms with Gasteiger partial charge in [-0.3, -0.25) is 16.0 Å². The zero-order valence-electron chi connectivity index (χ0n) is 65.6. The third kappa shape index (κ3) is 32.2. The van der Waals surface area contributed by atoms with Crippen LogP contribution in [0.5, 0.6) is 46.0 Å². The molecule has 0 fully saturated rings. The number of carbonyl (C=O) groups is 3. The molecule has 614 valence electrons. The molecule has 113 heavy (non-hydrogen) atoms. The molecule has 0 aliphatic heterocycles. The van der Waals surface area contributed by atoms with Crippen LogP contribution >= 0.6 is 22.6 Å². The molecule has 0 bridgehead atoms. The van der Waals surface area contributed by atoms with Crippen LogP contribution in [-0.4, -0.2) is 129 Å². The van der Waals surface area contributed by atoms with Crippen molar-refractivity contribution in [1.29, 1.82) is 0 Å². The monoisotopic (exact) mass is 1700 g/mol. The summed E-state index contributed by atoms with van der Waals surface area (Å²) in [6.07, 6.45) is -15.5. The first-order valence-electron chi connectivity index (χ1n) is 34.8. The van der Waals surface area contributed by atoms with E-state index in [4.69, 9.17) is 38.9 Å². The van der Waals surface area contributed by atoms with Crippen molar-refractivity contribution in [2.24, 2.45) is 0 Å². The van der Waals surface area contributed by atoms with E-state index < -0.39 is 77.3 Å². The Kier molecular flexibility index (Phi) is 33.7. The number of nitrogens with zero attached hydrogens (tertiary/aromatic N) is 4. The minimum Gasteiger partial charge on any atom is -0.455 e. The molecule has 0 aliphatic rings. The molecule has 0 atom stereocenters. The van der Waals surface area contributed by atoms with Crippen LogP contribution in [0.4, 0.5) is 89.8 Å². The molecule has 18 nitrogen and oxygen atoms in total. The number of hydrogen-bond acceptors (Lipinski definition) is 15. The standard InChI is InChI=1S/C22H25F5N2O3.C22H26F2N2O3.C20H25IN2O3.C18H19F5N2O/c1-20(2,3)32-19(30)28-16-8-6-7-9-18(16)31-17-11-10-15(12-14(17)13-29(4)5)21(23,24)22(25,26)27;1-22(2,3)29-21(27)25-17-8-6-7-9-19(17)28-18-11-10-15(13-20(23)24)12-16(18)14-26(4)5;1-20(2,3)26-19(24)22-16-8-6-7-9-18(16)25-17-11-10-15(21)12-14(17)13-23(4)5;1-25(2)11-13-9-12(10-17(19,20)18(21,22)23)7-8-15(13)26-16-6-4-3-5-14(16)24/h6-12H,13H2,1-5H3,(H,28,30);6-13H,14H2,1-5H3,(H,25,27);6-12H,13H2,1-5H3,(H,22,24);3-9H,10-11,24H2,1-2H3/i;;;19-1,20-1,21-1,22-1,23-1. The summed E-state index contributed by atoms with van der Waals surface area (Å²) in [4.78, 5) is 43.7. The van der Waals surface area contributed by atoms with Crippen LogP contribution in [0.25, 0.3) is 6.08 Å². The van der Waals surface area contributed by atoms with Gasteiger partial charge in [-0.05, 0) is 256 Å². The second-order valence-corrected chi connectivity index (χ2v) is 30.8. The molecule has 0 aliphatic carbocycles. The first-order chi connectivity index (χ1) is 52.3. The third-order valence-electron chi connectivity index (χ3n) is 14.4. The second kappa shape index (κ2) is 40.7. The molecule has 8 rings (SSSR count). The molecular weight excluding hydrogens is 1610 g/mol. The van der Waals surface area contributed by atoms with Gasteiger partial charge in [-0.1, -0.05) is 66.7 Å². The van der Waals surface area contributed by atoms with Crippen molar-refractivity contribution in [2.45, 2.75) is 136 Å². The maximum absolute atomic E-state index is 13.8. The van der Waals surface area contributed by atoms with Crippen molar-refractivity contribution in [2.75, 3.05) is 78.1 Å². The molecule has 31 heteroatoms. The van der Waals surface area contributed by atoms with Crippen molar-refractivity contribution >= 4 is 69.7 Å². The quantitative estimate of drug-likeness (QED) is 0.0205. The van der Waals surface area contributed by atoms with Crippen molar-refractivity contribution < 1.29 is 100 Å². The molecule has 0 heterocycles. The lowest BCUT2D eigenvalue weighted by molar-refractivity contribution is -0.289. The van der Waals surface area contributed by atoms with Crippen LogP contribution in [0, 0.1) is 3.57 Å². The van der Waals surface area contributed by atoms with Crippen molar-refractivity contribution in [3.05, 3.63) is 218 Å². The van der Waals surface area contributed by atoms with Gasteiger partial charge in [0.05, 0.1) is 22.7 Å². The second-order valence-electron chi connectivity index (χ2n) is 29.5. The number of anilines is 4. The van der Waals surface area contributed by atoms with E-state index >= 15 is 0 Å². The van der Waals surface area contributed by atoms with Gasteiger partial charge in [0.2, 0.25) is 0 Å². The SMILES string of the molecule is CN(C)Cc1cc(C(F)(F)C(F)(F)F)ccc1Oc1ccccc1NC(=O)OC(C)(C)C.CN(C)Cc1cc(C=C(F)F)ccc1Oc1ccccc1NC(=O)OC(C)(C)C.CN(C)Cc1cc(CC([18F])([18F])C([18F])([18F])[18F])ccc1Oc1ccccc1N.CN(C)Cc1cc(I)ccc1Oc1ccccc1NC(=O)OC(C)(C)C. The maximum Gasteiger partial charge on any atom is 0.458 e. The molecule has 3 amide bonds. The van der Waals surface area contributed by atoms with E-state index in [1.165, 1.54) is 30.3 Å². The molecule has 0 radical (unpaired) electrons. The van der Waals surface area contributed by atoms with Gasteiger partial charge in [0.15, 0.2) is 17.2 Å². The molecule has 0 saturated heterocycles. The zero-order valence-corrected chi connectivity index (χ0v) is 67.8. The summed E-state index contributed by atoms with van der Waals surface area (Å²) in [6, 6.07) is 44.6. The number of ether oxygens (including phenoxy) is 7. The number of carbonyl (C=O) groups excluding carboxylic acids is 3. The lowest BCUT2D eigenvalue weighted by Gasteiger charge is -2.23. The Morgan fingerprint density at radius 3 is 1.09 bits per heavy atom. The number of alkyl halides is 10. The number of amides is 3. The molecule has 8 aromatic carbocycles. The van der Waals surface area contributed by atoms with Gasteiger partial charge in [0, 0.05) is 70.1 Å². The van der Waals surface area contributed by atoms with Crippen LogP contribution in [0.3, 0.4) is 0 Å². The van der Waals surface area contributed by atoms with Gasteiger partial charge in [-0.2, -0.15) is 52.7 Å². The average Bonchev–Trinajstić information content (AvgIpc) is 0.782. The normalized spacial score (nSPS) is 11.9. The Bertz CT molecular complexity index is 4500. The largest absolute Gasteiger partial charge is 0.458 e. The first kappa shape index (κ1) is 93.6. The van der Waals surface area contributed by atoms with E-state index in [-0.39, 0.29) is 34.9 Å². The average molecular weight is 1700 g/mol. The van der Waals surface area contributed by atoms with Gasteiger partial charge >= 0.3 is 42.5 Å². The first-order valence-corrected chi connectivity index (χ1v) is 35.8. The minimum absolute atomic E-state index is 0.0404. The number of nitrogens with one attached hydrogen (secondary N) is 3. The number of nitrogen functional groups attached to an aromatic ring is 1. The Morgan fingerprint density at radius 1 is 0.398 bits per heavy atom. The van der Waals surface area contributed by atoms with E-state index in [1.807, 2.05) is 84.2 Å². The highest BCUT2D eigenvalue weighted by Gasteiger charge is 2.59. The Hall–Kier alpha value is -9.96.